The predicted octanol–water partition coefficient (Wildman–Crippen LogP) is 3.89. The molecule has 0 radical (unpaired) electrons. The highest BCUT2D eigenvalue weighted by molar-refractivity contribution is 7.92. The smallest absolute Gasteiger partial charge is 0.422 e. The first-order valence-corrected chi connectivity index (χ1v) is 11.3. The number of sulfonamides is 1. The first-order chi connectivity index (χ1) is 15.3. The maximum Gasteiger partial charge on any atom is 0.422 e. The van der Waals surface area contributed by atoms with Gasteiger partial charge in [-0.25, -0.2) is 13.2 Å². The second-order valence-corrected chi connectivity index (χ2v) is 9.13. The molecule has 0 bridgehead atoms. The Morgan fingerprint density at radius 3 is 2.06 bits per heavy atom. The van der Waals surface area contributed by atoms with Crippen molar-refractivity contribution in [1.82, 2.24) is 0 Å². The number of para-hydroxylation sites is 1. The van der Waals surface area contributed by atoms with Crippen molar-refractivity contribution in [2.75, 3.05) is 11.4 Å². The minimum atomic E-state index is -4.03. The zero-order chi connectivity index (χ0) is 23.3. The van der Waals surface area contributed by atoms with Crippen molar-refractivity contribution < 1.29 is 22.7 Å². The SMILES string of the molecule is COC(=O)C(=[N+]=[N-])c1ccccc1N(Cc1ccc(C)cc1)S(=O)(=O)c1ccc(C)cc1. The third kappa shape index (κ3) is 4.77. The van der Waals surface area contributed by atoms with Crippen LogP contribution in [-0.2, 0) is 26.1 Å². The molecule has 3 rings (SSSR count). The molecule has 7 nitrogen and oxygen atoms in total. The highest BCUT2D eigenvalue weighted by Crippen LogP contribution is 2.30. The normalized spacial score (nSPS) is 10.8. The number of hydrogen-bond donors (Lipinski definition) is 0. The number of methoxy groups -OCH3 is 1. The largest absolute Gasteiger partial charge is 0.460 e. The van der Waals surface area contributed by atoms with Crippen LogP contribution in [0.4, 0.5) is 5.69 Å². The van der Waals surface area contributed by atoms with Gasteiger partial charge in [0.05, 0.1) is 29.8 Å². The fourth-order valence-corrected chi connectivity index (χ4v) is 4.66. The van der Waals surface area contributed by atoms with E-state index in [4.69, 9.17) is 4.74 Å². The Labute approximate surface area is 187 Å². The van der Waals surface area contributed by atoms with Crippen molar-refractivity contribution in [3.8, 4) is 0 Å². The van der Waals surface area contributed by atoms with Gasteiger partial charge in [-0.1, -0.05) is 59.7 Å². The standard InChI is InChI=1S/C24H23N3O4S/c1-17-8-12-19(13-9-17)16-27(32(29,30)20-14-10-18(2)11-15-20)22-7-5-4-6-21(22)23(26-25)24(28)31-3/h4-15H,16H2,1-3H3. The molecule has 3 aromatic carbocycles. The molecule has 0 unspecified atom stereocenters. The molecule has 0 heterocycles. The molecule has 0 aliphatic carbocycles. The quantitative estimate of drug-likeness (QED) is 0.236. The van der Waals surface area contributed by atoms with Gasteiger partial charge >= 0.3 is 11.7 Å². The van der Waals surface area contributed by atoms with Crippen molar-refractivity contribution in [3.05, 3.63) is 101 Å². The third-order valence-corrected chi connectivity index (χ3v) is 6.74. The number of aryl methyl sites for hydroxylation is 2. The van der Waals surface area contributed by atoms with Crippen LogP contribution in [0.5, 0.6) is 0 Å². The minimum absolute atomic E-state index is 0.00733. The van der Waals surface area contributed by atoms with Crippen LogP contribution in [0.25, 0.3) is 5.53 Å². The van der Waals surface area contributed by atoms with Gasteiger partial charge in [-0.2, -0.15) is 4.79 Å². The van der Waals surface area contributed by atoms with Crippen LogP contribution < -0.4 is 4.31 Å². The van der Waals surface area contributed by atoms with Gasteiger partial charge in [0, 0.05) is 0 Å². The number of esters is 1. The summed E-state index contributed by atoms with van der Waals surface area (Å²) in [5.74, 6) is -0.886. The zero-order valence-electron chi connectivity index (χ0n) is 18.0. The van der Waals surface area contributed by atoms with Gasteiger partial charge in [0.25, 0.3) is 10.0 Å². The number of nitrogens with zero attached hydrogens (tertiary/aromatic N) is 3. The van der Waals surface area contributed by atoms with E-state index in [1.54, 1.807) is 30.3 Å². The Morgan fingerprint density at radius 2 is 1.50 bits per heavy atom. The van der Waals surface area contributed by atoms with E-state index >= 15 is 0 Å². The summed E-state index contributed by atoms with van der Waals surface area (Å²) in [5, 5.41) is 0. The van der Waals surface area contributed by atoms with E-state index in [0.29, 0.717) is 0 Å². The van der Waals surface area contributed by atoms with Gasteiger partial charge in [-0.05, 0) is 43.7 Å². The molecule has 3 aromatic rings. The Hall–Kier alpha value is -3.74. The zero-order valence-corrected chi connectivity index (χ0v) is 18.8. The summed E-state index contributed by atoms with van der Waals surface area (Å²) >= 11 is 0. The number of carbonyl (C=O) groups is 1. The van der Waals surface area contributed by atoms with Crippen LogP contribution in [-0.4, -0.2) is 32.0 Å². The number of ether oxygens (including phenoxy) is 1. The maximum absolute atomic E-state index is 13.7. The van der Waals surface area contributed by atoms with Crippen molar-refractivity contribution in [2.24, 2.45) is 0 Å². The molecule has 0 aliphatic rings. The van der Waals surface area contributed by atoms with Crippen LogP contribution in [0, 0.1) is 13.8 Å². The lowest BCUT2D eigenvalue weighted by molar-refractivity contribution is -0.137. The monoisotopic (exact) mass is 449 g/mol. The summed E-state index contributed by atoms with van der Waals surface area (Å²) in [5.41, 5.74) is 12.1. The molecule has 0 saturated heterocycles. The fraction of sp³-hybridized carbons (Fsp3) is 0.167. The van der Waals surface area contributed by atoms with E-state index in [9.17, 15) is 18.7 Å². The lowest BCUT2D eigenvalue weighted by atomic mass is 10.1. The molecular weight excluding hydrogens is 426 g/mol. The summed E-state index contributed by atoms with van der Waals surface area (Å²) in [6.45, 7) is 3.82. The first-order valence-electron chi connectivity index (χ1n) is 9.82. The Bertz CT molecular complexity index is 1280. The molecule has 0 aliphatic heterocycles. The minimum Gasteiger partial charge on any atom is -0.460 e. The van der Waals surface area contributed by atoms with E-state index < -0.39 is 21.7 Å². The lowest BCUT2D eigenvalue weighted by Gasteiger charge is -2.26. The average molecular weight is 450 g/mol. The van der Waals surface area contributed by atoms with E-state index in [2.05, 4.69) is 4.79 Å². The van der Waals surface area contributed by atoms with Crippen LogP contribution in [0.15, 0.2) is 77.7 Å². The number of carbonyl (C=O) groups excluding carboxylic acids is 1. The molecule has 0 amide bonds. The number of benzene rings is 3. The highest BCUT2D eigenvalue weighted by Gasteiger charge is 2.33. The molecule has 0 N–H and O–H groups in total. The molecule has 32 heavy (non-hydrogen) atoms. The van der Waals surface area contributed by atoms with Crippen LogP contribution in [0.1, 0.15) is 22.3 Å². The maximum atomic E-state index is 13.7. The van der Waals surface area contributed by atoms with Gasteiger partial charge in [0.2, 0.25) is 0 Å². The summed E-state index contributed by atoms with van der Waals surface area (Å²) in [4.78, 5) is 15.4. The first kappa shape index (κ1) is 22.9. The molecule has 0 spiro atoms. The van der Waals surface area contributed by atoms with E-state index in [-0.39, 0.29) is 22.7 Å². The molecule has 0 atom stereocenters. The topological polar surface area (TPSA) is 100 Å². The van der Waals surface area contributed by atoms with Crippen molar-refractivity contribution >= 4 is 27.4 Å². The van der Waals surface area contributed by atoms with E-state index in [0.717, 1.165) is 23.8 Å². The second-order valence-electron chi connectivity index (χ2n) is 7.27. The number of rotatable bonds is 7. The number of hydrogen-bond acceptors (Lipinski definition) is 4. The molecular formula is C24H23N3O4S. The molecule has 0 aromatic heterocycles. The third-order valence-electron chi connectivity index (χ3n) is 4.96. The lowest BCUT2D eigenvalue weighted by Crippen LogP contribution is -2.33. The van der Waals surface area contributed by atoms with Crippen LogP contribution in [0.2, 0.25) is 0 Å². The second kappa shape index (κ2) is 9.60. The van der Waals surface area contributed by atoms with Gasteiger partial charge in [-0.3, -0.25) is 4.31 Å². The van der Waals surface area contributed by atoms with E-state index in [1.165, 1.54) is 22.5 Å². The van der Waals surface area contributed by atoms with Gasteiger partial charge < -0.3 is 10.3 Å². The van der Waals surface area contributed by atoms with Crippen LogP contribution in [0.3, 0.4) is 0 Å². The van der Waals surface area contributed by atoms with Gasteiger partial charge in [0.15, 0.2) is 0 Å². The van der Waals surface area contributed by atoms with Gasteiger partial charge in [0.1, 0.15) is 0 Å². The van der Waals surface area contributed by atoms with Crippen LogP contribution >= 0.6 is 0 Å². The Morgan fingerprint density at radius 1 is 0.938 bits per heavy atom. The highest BCUT2D eigenvalue weighted by atomic mass is 32.2. The van der Waals surface area contributed by atoms with Crippen molar-refractivity contribution in [1.29, 1.82) is 0 Å². The molecule has 0 fully saturated rings. The summed E-state index contributed by atoms with van der Waals surface area (Å²) < 4.78 is 33.4. The fourth-order valence-electron chi connectivity index (χ4n) is 3.19. The summed E-state index contributed by atoms with van der Waals surface area (Å²) in [7, 11) is -2.88. The number of anilines is 1. The Kier molecular flexibility index (Phi) is 6.88. The van der Waals surface area contributed by atoms with Crippen molar-refractivity contribution in [3.63, 3.8) is 0 Å². The Balaban J connectivity index is 2.22. The van der Waals surface area contributed by atoms with Crippen molar-refractivity contribution in [2.45, 2.75) is 25.3 Å². The summed E-state index contributed by atoms with van der Waals surface area (Å²) in [6.07, 6.45) is 0. The molecule has 0 saturated carbocycles. The molecule has 8 heteroatoms. The molecule has 164 valence electrons. The summed E-state index contributed by atoms with van der Waals surface area (Å²) in [6, 6.07) is 20.3. The van der Waals surface area contributed by atoms with Gasteiger partial charge in [-0.15, -0.1) is 0 Å². The van der Waals surface area contributed by atoms with E-state index in [1.807, 2.05) is 38.1 Å². The average Bonchev–Trinajstić information content (AvgIpc) is 2.79. The predicted molar refractivity (Wildman–Crippen MR) is 122 cm³/mol.